The van der Waals surface area contributed by atoms with Crippen LogP contribution in [0, 0.1) is 13.8 Å². The van der Waals surface area contributed by atoms with Crippen LogP contribution in [0.5, 0.6) is 0 Å². The fourth-order valence-corrected chi connectivity index (χ4v) is 5.75. The highest BCUT2D eigenvalue weighted by Crippen LogP contribution is 2.39. The number of aryl methyl sites for hydroxylation is 2. The van der Waals surface area contributed by atoms with E-state index in [0.29, 0.717) is 35.3 Å². The highest BCUT2D eigenvalue weighted by atomic mass is 32.1. The van der Waals surface area contributed by atoms with Gasteiger partial charge < -0.3 is 4.74 Å². The Bertz CT molecular complexity index is 1700. The first-order chi connectivity index (χ1) is 17.5. The summed E-state index contributed by atoms with van der Waals surface area (Å²) in [4.78, 5) is 33.1. The Morgan fingerprint density at radius 1 is 0.972 bits per heavy atom. The number of hydrogen-bond donors (Lipinski definition) is 0. The van der Waals surface area contributed by atoms with Crippen LogP contribution in [0.2, 0.25) is 0 Å². The van der Waals surface area contributed by atoms with Gasteiger partial charge in [0.1, 0.15) is 0 Å². The molecule has 5 aromatic heterocycles. The van der Waals surface area contributed by atoms with Crippen LogP contribution < -0.4 is 5.43 Å². The molecule has 0 bridgehead atoms. The molecule has 0 spiro atoms. The van der Waals surface area contributed by atoms with Crippen molar-refractivity contribution in [2.75, 3.05) is 13.2 Å². The fourth-order valence-electron chi connectivity index (χ4n) is 4.75. The van der Waals surface area contributed by atoms with Crippen LogP contribution in [0.25, 0.3) is 37.5 Å². The van der Waals surface area contributed by atoms with Gasteiger partial charge in [-0.3, -0.25) is 14.8 Å². The van der Waals surface area contributed by atoms with E-state index in [0.717, 1.165) is 56.5 Å². The first-order valence-electron chi connectivity index (χ1n) is 12.3. The Morgan fingerprint density at radius 2 is 1.81 bits per heavy atom. The van der Waals surface area contributed by atoms with Crippen LogP contribution in [0.3, 0.4) is 0 Å². The second-order valence-electron chi connectivity index (χ2n) is 9.69. The molecule has 1 atom stereocenters. The Hall–Kier alpha value is -3.56. The molecule has 0 radical (unpaired) electrons. The van der Waals surface area contributed by atoms with Gasteiger partial charge in [-0.2, -0.15) is 5.10 Å². The molecule has 5 aromatic rings. The summed E-state index contributed by atoms with van der Waals surface area (Å²) in [6.45, 7) is 5.25. The van der Waals surface area contributed by atoms with Gasteiger partial charge in [-0.25, -0.2) is 14.6 Å². The lowest BCUT2D eigenvalue weighted by Gasteiger charge is -2.12. The molecule has 1 saturated carbocycles. The molecule has 1 saturated heterocycles. The fraction of sp³-hybridized carbons (Fsp3) is 0.333. The zero-order valence-electron chi connectivity index (χ0n) is 20.1. The van der Waals surface area contributed by atoms with Crippen LogP contribution >= 0.6 is 11.3 Å². The minimum atomic E-state index is -0.219. The van der Waals surface area contributed by atoms with Crippen molar-refractivity contribution < 1.29 is 4.74 Å². The number of thiophene rings is 1. The van der Waals surface area contributed by atoms with Crippen molar-refractivity contribution >= 4 is 32.6 Å². The average Bonchev–Trinajstić information content (AvgIpc) is 3.42. The molecule has 7 rings (SSSR count). The van der Waals surface area contributed by atoms with Gasteiger partial charge in [-0.15, -0.1) is 11.3 Å². The number of hydrogen-bond acceptors (Lipinski definition) is 8. The SMILES string of the molecule is Cc1nc2c(=O)c(-c3cc4cc([C@@H]5CCOC5)ncc4s3)nn(-c3ccc(C4CC4)nc3)c2nc1C. The summed E-state index contributed by atoms with van der Waals surface area (Å²) in [5.74, 6) is 0.882. The molecule has 180 valence electrons. The minimum Gasteiger partial charge on any atom is -0.381 e. The number of aromatic nitrogens is 6. The molecule has 8 nitrogen and oxygen atoms in total. The smallest absolute Gasteiger partial charge is 0.236 e. The van der Waals surface area contributed by atoms with Crippen LogP contribution in [0.15, 0.2) is 41.5 Å². The topological polar surface area (TPSA) is 95.7 Å². The van der Waals surface area contributed by atoms with Crippen molar-refractivity contribution in [1.29, 1.82) is 0 Å². The Balaban J connectivity index is 1.41. The predicted octanol–water partition coefficient (Wildman–Crippen LogP) is 4.85. The molecule has 0 unspecified atom stereocenters. The Morgan fingerprint density at radius 3 is 2.56 bits per heavy atom. The molecule has 0 amide bonds. The monoisotopic (exact) mass is 496 g/mol. The van der Waals surface area contributed by atoms with E-state index >= 15 is 0 Å². The van der Waals surface area contributed by atoms with E-state index in [1.54, 1.807) is 4.68 Å². The van der Waals surface area contributed by atoms with Crippen molar-refractivity contribution in [2.45, 2.75) is 44.9 Å². The molecular formula is C27H24N6O2S. The predicted molar refractivity (Wildman–Crippen MR) is 139 cm³/mol. The highest BCUT2D eigenvalue weighted by Gasteiger charge is 2.25. The first-order valence-corrected chi connectivity index (χ1v) is 13.1. The summed E-state index contributed by atoms with van der Waals surface area (Å²) in [6.07, 6.45) is 7.07. The molecule has 0 N–H and O–H groups in total. The standard InChI is InChI=1S/C27H24N6O2S/c1-14-15(2)31-27-25(30-14)26(34)24(32-33(27)19-5-6-20(28-11-19)16-3-4-16)22-10-18-9-21(17-7-8-35-13-17)29-12-23(18)36-22/h5-6,9-12,16-17H,3-4,7-8,13H2,1-2H3/t17-/m1/s1. The van der Waals surface area contributed by atoms with Gasteiger partial charge in [-0.05, 0) is 62.8 Å². The third-order valence-electron chi connectivity index (χ3n) is 7.14. The summed E-state index contributed by atoms with van der Waals surface area (Å²) in [5, 5.41) is 5.89. The number of fused-ring (bicyclic) bond motifs is 2. The second kappa shape index (κ2) is 8.25. The summed E-state index contributed by atoms with van der Waals surface area (Å²) in [6, 6.07) is 8.20. The lowest BCUT2D eigenvalue weighted by Crippen LogP contribution is -2.18. The van der Waals surface area contributed by atoms with Gasteiger partial charge in [0.2, 0.25) is 5.43 Å². The number of pyridine rings is 2. The second-order valence-corrected chi connectivity index (χ2v) is 10.8. The lowest BCUT2D eigenvalue weighted by molar-refractivity contribution is 0.193. The quantitative estimate of drug-likeness (QED) is 0.351. The van der Waals surface area contributed by atoms with E-state index in [2.05, 4.69) is 21.0 Å². The first kappa shape index (κ1) is 21.7. The van der Waals surface area contributed by atoms with E-state index in [-0.39, 0.29) is 5.43 Å². The zero-order chi connectivity index (χ0) is 24.4. The average molecular weight is 497 g/mol. The van der Waals surface area contributed by atoms with Gasteiger partial charge in [0.05, 0.1) is 39.5 Å². The van der Waals surface area contributed by atoms with Gasteiger partial charge in [0.15, 0.2) is 16.9 Å². The maximum Gasteiger partial charge on any atom is 0.236 e. The molecule has 36 heavy (non-hydrogen) atoms. The van der Waals surface area contributed by atoms with Crippen molar-refractivity contribution in [2.24, 2.45) is 0 Å². The molecule has 0 aromatic carbocycles. The number of ether oxygens (including phenoxy) is 1. The lowest BCUT2D eigenvalue weighted by atomic mass is 10.0. The van der Waals surface area contributed by atoms with E-state index < -0.39 is 0 Å². The Labute approximate surface area is 211 Å². The molecule has 2 aliphatic rings. The summed E-state index contributed by atoms with van der Waals surface area (Å²) >= 11 is 1.52. The van der Waals surface area contributed by atoms with Gasteiger partial charge in [0.25, 0.3) is 0 Å². The van der Waals surface area contributed by atoms with Gasteiger partial charge >= 0.3 is 0 Å². The van der Waals surface area contributed by atoms with Crippen molar-refractivity contribution in [3.8, 4) is 16.3 Å². The molecule has 9 heteroatoms. The molecule has 6 heterocycles. The zero-order valence-corrected chi connectivity index (χ0v) is 20.9. The van der Waals surface area contributed by atoms with Crippen LogP contribution in [-0.4, -0.2) is 42.9 Å². The summed E-state index contributed by atoms with van der Waals surface area (Å²) in [7, 11) is 0. The maximum absolute atomic E-state index is 13.7. The van der Waals surface area contributed by atoms with E-state index in [4.69, 9.17) is 14.8 Å². The van der Waals surface area contributed by atoms with Crippen molar-refractivity contribution in [3.63, 3.8) is 0 Å². The van der Waals surface area contributed by atoms with E-state index in [1.165, 1.54) is 24.2 Å². The maximum atomic E-state index is 13.7. The highest BCUT2D eigenvalue weighted by molar-refractivity contribution is 7.22. The van der Waals surface area contributed by atoms with Crippen LogP contribution in [-0.2, 0) is 4.74 Å². The van der Waals surface area contributed by atoms with Crippen LogP contribution in [0.1, 0.15) is 53.9 Å². The molecule has 2 fully saturated rings. The largest absolute Gasteiger partial charge is 0.381 e. The molecular weight excluding hydrogens is 472 g/mol. The Kier molecular flexibility index (Phi) is 4.97. The van der Waals surface area contributed by atoms with Crippen LogP contribution in [0.4, 0.5) is 0 Å². The third-order valence-corrected chi connectivity index (χ3v) is 8.23. The molecule has 1 aliphatic heterocycles. The van der Waals surface area contributed by atoms with Gasteiger partial charge in [0, 0.05) is 36.0 Å². The molecule has 1 aliphatic carbocycles. The van der Waals surface area contributed by atoms with Crippen molar-refractivity contribution in [3.05, 3.63) is 69.7 Å². The number of nitrogens with zero attached hydrogens (tertiary/aromatic N) is 6. The number of rotatable bonds is 4. The summed E-state index contributed by atoms with van der Waals surface area (Å²) < 4.78 is 8.27. The van der Waals surface area contributed by atoms with Crippen molar-refractivity contribution in [1.82, 2.24) is 29.7 Å². The summed E-state index contributed by atoms with van der Waals surface area (Å²) in [5.41, 5.74) is 5.29. The van der Waals surface area contributed by atoms with E-state index in [1.807, 2.05) is 44.4 Å². The van der Waals surface area contributed by atoms with Gasteiger partial charge in [-0.1, -0.05) is 0 Å². The minimum absolute atomic E-state index is 0.219. The normalized spacial score (nSPS) is 17.9. The van der Waals surface area contributed by atoms with E-state index in [9.17, 15) is 4.79 Å². The third kappa shape index (κ3) is 3.61.